The highest BCUT2D eigenvalue weighted by atomic mass is 16.7. The lowest BCUT2D eigenvalue weighted by molar-refractivity contribution is -0.257. The van der Waals surface area contributed by atoms with Gasteiger partial charge in [0.15, 0.2) is 17.9 Å². The summed E-state index contributed by atoms with van der Waals surface area (Å²) in [5, 5.41) is 55.2. The summed E-state index contributed by atoms with van der Waals surface area (Å²) in [6.07, 6.45) is -5.82. The highest BCUT2D eigenvalue weighted by Gasteiger charge is 2.51. The number of phenolic OH excluding ortho intramolecular Hbond substituents is 2. The molecule has 2 heterocycles. The third kappa shape index (κ3) is 4.79. The zero-order valence-corrected chi connectivity index (χ0v) is 25.0. The van der Waals surface area contributed by atoms with Gasteiger partial charge in [-0.2, -0.15) is 0 Å². The predicted octanol–water partition coefficient (Wildman–Crippen LogP) is 0.582. The number of phenols is 2. The first kappa shape index (κ1) is 31.8. The van der Waals surface area contributed by atoms with E-state index in [4.69, 9.17) is 14.2 Å². The minimum atomic E-state index is -2.34. The van der Waals surface area contributed by atoms with Crippen molar-refractivity contribution in [2.45, 2.75) is 81.7 Å². The monoisotopic (exact) mass is 639 g/mol. The second-order valence-corrected chi connectivity index (χ2v) is 12.1. The third-order valence-corrected chi connectivity index (χ3v) is 9.38. The molecule has 5 N–H and O–H groups in total. The van der Waals surface area contributed by atoms with Gasteiger partial charge in [-0.1, -0.05) is 12.1 Å². The lowest BCUT2D eigenvalue weighted by atomic mass is 9.72. The lowest BCUT2D eigenvalue weighted by Gasteiger charge is -2.45. The molecule has 2 aromatic carbocycles. The van der Waals surface area contributed by atoms with E-state index in [2.05, 4.69) is 0 Å². The van der Waals surface area contributed by atoms with Gasteiger partial charge in [0.1, 0.15) is 35.6 Å². The van der Waals surface area contributed by atoms with Gasteiger partial charge in [0.05, 0.1) is 42.0 Å². The van der Waals surface area contributed by atoms with Crippen molar-refractivity contribution in [3.05, 3.63) is 51.6 Å². The molecule has 6 rings (SSSR count). The molecule has 0 saturated carbocycles. The largest absolute Gasteiger partial charge is 0.507 e. The van der Waals surface area contributed by atoms with Gasteiger partial charge in [-0.05, 0) is 19.4 Å². The molecule has 2 aliphatic heterocycles. The zero-order valence-electron chi connectivity index (χ0n) is 25.0. The minimum Gasteiger partial charge on any atom is -0.507 e. The molecule has 2 amide bonds. The van der Waals surface area contributed by atoms with Crippen molar-refractivity contribution in [1.29, 1.82) is 0 Å². The molecule has 2 aromatic rings. The number of nitrogens with zero attached hydrogens (tertiary/aromatic N) is 1. The number of benzene rings is 2. The Morgan fingerprint density at radius 3 is 2.37 bits per heavy atom. The number of hydrogen-bond donors (Lipinski definition) is 5. The fraction of sp³-hybridized carbons (Fsp3) is 0.469. The second-order valence-electron chi connectivity index (χ2n) is 12.1. The van der Waals surface area contributed by atoms with Crippen LogP contribution >= 0.6 is 0 Å². The number of methoxy groups -OCH3 is 1. The maximum atomic E-state index is 13.8. The van der Waals surface area contributed by atoms with Crippen LogP contribution in [-0.4, -0.2) is 103 Å². The average molecular weight is 640 g/mol. The maximum absolute atomic E-state index is 13.8. The number of carbonyl (C=O) groups is 5. The van der Waals surface area contributed by atoms with E-state index < -0.39 is 107 Å². The van der Waals surface area contributed by atoms with Gasteiger partial charge in [-0.25, -0.2) is 0 Å². The number of aliphatic hydroxyl groups is 3. The van der Waals surface area contributed by atoms with Crippen LogP contribution in [0.5, 0.6) is 17.2 Å². The van der Waals surface area contributed by atoms with Crippen molar-refractivity contribution in [2.75, 3.05) is 13.7 Å². The Labute approximate surface area is 262 Å². The number of rotatable bonds is 6. The zero-order chi connectivity index (χ0) is 33.2. The molecule has 2 aliphatic carbocycles. The van der Waals surface area contributed by atoms with E-state index >= 15 is 0 Å². The Hall–Kier alpha value is -4.21. The summed E-state index contributed by atoms with van der Waals surface area (Å²) in [6.45, 7) is 0.423. The number of hydrogen-bond acceptors (Lipinski definition) is 13. The Kier molecular flexibility index (Phi) is 7.97. The Morgan fingerprint density at radius 2 is 1.72 bits per heavy atom. The van der Waals surface area contributed by atoms with Crippen LogP contribution < -0.4 is 4.74 Å². The Morgan fingerprint density at radius 1 is 1.04 bits per heavy atom. The number of piperidine rings is 1. The summed E-state index contributed by atoms with van der Waals surface area (Å²) in [5.41, 5.74) is -4.08. The van der Waals surface area contributed by atoms with Crippen LogP contribution in [0.2, 0.25) is 0 Å². The van der Waals surface area contributed by atoms with Crippen LogP contribution in [0.3, 0.4) is 0 Å². The van der Waals surface area contributed by atoms with E-state index in [-0.39, 0.29) is 47.3 Å². The lowest BCUT2D eigenvalue weighted by Crippen LogP contribution is -2.59. The first-order valence-electron chi connectivity index (χ1n) is 14.9. The molecule has 4 aliphatic rings. The normalized spacial score (nSPS) is 29.2. The van der Waals surface area contributed by atoms with Crippen molar-refractivity contribution in [2.24, 2.45) is 0 Å². The fourth-order valence-corrected chi connectivity index (χ4v) is 7.09. The number of fused-ring (bicyclic) bond motifs is 3. The highest BCUT2D eigenvalue weighted by molar-refractivity contribution is 6.31. The van der Waals surface area contributed by atoms with Gasteiger partial charge in [-0.3, -0.25) is 28.9 Å². The van der Waals surface area contributed by atoms with Crippen molar-refractivity contribution in [3.63, 3.8) is 0 Å². The molecule has 14 heteroatoms. The maximum Gasteiger partial charge on any atom is 0.229 e. The quantitative estimate of drug-likeness (QED) is 0.184. The number of aromatic hydroxyl groups is 2. The molecule has 2 fully saturated rings. The summed E-state index contributed by atoms with van der Waals surface area (Å²) in [6, 6.07) is 3.26. The van der Waals surface area contributed by atoms with E-state index in [1.807, 2.05) is 0 Å². The number of ether oxygens (including phenoxy) is 3. The molecular weight excluding hydrogens is 606 g/mol. The van der Waals surface area contributed by atoms with Crippen molar-refractivity contribution < 1.29 is 63.7 Å². The van der Waals surface area contributed by atoms with Crippen LogP contribution in [0.25, 0.3) is 0 Å². The number of imide groups is 1. The van der Waals surface area contributed by atoms with E-state index in [1.54, 1.807) is 0 Å². The molecule has 0 aromatic heterocycles. The summed E-state index contributed by atoms with van der Waals surface area (Å²) in [4.78, 5) is 66.7. The Balaban J connectivity index is 1.45. The Bertz CT molecular complexity index is 1670. The van der Waals surface area contributed by atoms with Gasteiger partial charge in [0.2, 0.25) is 17.6 Å². The first-order chi connectivity index (χ1) is 21.8. The second kappa shape index (κ2) is 11.5. The predicted molar refractivity (Wildman–Crippen MR) is 153 cm³/mol. The number of amides is 2. The number of aliphatic hydroxyl groups excluding tert-OH is 2. The van der Waals surface area contributed by atoms with Gasteiger partial charge in [0.25, 0.3) is 0 Å². The van der Waals surface area contributed by atoms with Crippen molar-refractivity contribution >= 4 is 29.2 Å². The summed E-state index contributed by atoms with van der Waals surface area (Å²) in [7, 11) is 1.30. The molecule has 244 valence electrons. The molecular formula is C32H33NO13. The standard InChI is InChI=1S/C32H33NO13/c1-13-27(38)16(33-20(36)7-4-8-21(33)37)9-22(45-13)46-18-11-32(43,19(35)12-34)10-15-24(18)31(42)26-25(29(15)40)28(39)14-5-3-6-17(44-2)23(14)30(26)41/h3,5-6,13,16,18,22,27,34,38,40,42-43H,4,7-12H2,1-2H3/t13?,16?,18-,22?,27?,32-/m0/s1. The topological polar surface area (TPSA) is 217 Å². The van der Waals surface area contributed by atoms with Crippen molar-refractivity contribution in [3.8, 4) is 17.2 Å². The fourth-order valence-electron chi connectivity index (χ4n) is 7.09. The van der Waals surface area contributed by atoms with E-state index in [0.717, 1.165) is 4.90 Å². The van der Waals surface area contributed by atoms with E-state index in [1.165, 1.54) is 32.2 Å². The van der Waals surface area contributed by atoms with Crippen LogP contribution in [0.4, 0.5) is 0 Å². The van der Waals surface area contributed by atoms with Gasteiger partial charge >= 0.3 is 0 Å². The first-order valence-corrected chi connectivity index (χ1v) is 14.9. The molecule has 4 unspecified atom stereocenters. The van der Waals surface area contributed by atoms with Crippen LogP contribution in [0, 0.1) is 0 Å². The minimum absolute atomic E-state index is 0.0600. The number of likely N-dealkylation sites (tertiary alicyclic amines) is 1. The smallest absolute Gasteiger partial charge is 0.229 e. The SMILES string of the molecule is COc1cccc2c1C(=O)c1c(O)c3c(c(O)c1C2=O)C[C@@](O)(C(=O)CO)C[C@@H]3OC1CC(N2C(=O)CCCC2=O)C(O)C(C)O1. The van der Waals surface area contributed by atoms with Gasteiger partial charge < -0.3 is 39.7 Å². The molecule has 0 bridgehead atoms. The van der Waals surface area contributed by atoms with E-state index in [9.17, 15) is 49.5 Å². The molecule has 0 radical (unpaired) electrons. The van der Waals surface area contributed by atoms with Gasteiger partial charge in [0, 0.05) is 48.8 Å². The summed E-state index contributed by atoms with van der Waals surface area (Å²) >= 11 is 0. The molecule has 6 atom stereocenters. The molecule has 2 saturated heterocycles. The number of ketones is 3. The summed E-state index contributed by atoms with van der Waals surface area (Å²) < 4.78 is 17.3. The third-order valence-electron chi connectivity index (χ3n) is 9.38. The molecule has 14 nitrogen and oxygen atoms in total. The van der Waals surface area contributed by atoms with Crippen molar-refractivity contribution in [1.82, 2.24) is 4.90 Å². The van der Waals surface area contributed by atoms with Crippen LogP contribution in [-0.2, 0) is 30.3 Å². The molecule has 46 heavy (non-hydrogen) atoms. The summed E-state index contributed by atoms with van der Waals surface area (Å²) in [5.74, 6) is -5.03. The highest BCUT2D eigenvalue weighted by Crippen LogP contribution is 2.52. The van der Waals surface area contributed by atoms with Gasteiger partial charge in [-0.15, -0.1) is 0 Å². The number of Topliss-reactive ketones (excluding diaryl/α,β-unsaturated/α-hetero) is 1. The molecule has 0 spiro atoms. The van der Waals surface area contributed by atoms with Crippen LogP contribution in [0.15, 0.2) is 18.2 Å². The number of carbonyl (C=O) groups excluding carboxylic acids is 5. The van der Waals surface area contributed by atoms with E-state index in [0.29, 0.717) is 6.42 Å². The average Bonchev–Trinajstić information content (AvgIpc) is 3.02. The van der Waals surface area contributed by atoms with Crippen LogP contribution in [0.1, 0.15) is 88.1 Å².